The maximum absolute atomic E-state index is 5.67. The first kappa shape index (κ1) is 13.9. The molecule has 1 atom stereocenters. The van der Waals surface area contributed by atoms with Gasteiger partial charge in [0.15, 0.2) is 5.76 Å². The van der Waals surface area contributed by atoms with E-state index in [1.807, 2.05) is 42.5 Å². The van der Waals surface area contributed by atoms with E-state index in [2.05, 4.69) is 16.6 Å². The molecule has 110 valence electrons. The highest BCUT2D eigenvalue weighted by molar-refractivity contribution is 5.19. The van der Waals surface area contributed by atoms with Crippen molar-refractivity contribution in [3.05, 3.63) is 60.4 Å². The number of ether oxygens (including phenoxy) is 1. The van der Waals surface area contributed by atoms with Crippen LogP contribution in [0.1, 0.15) is 30.2 Å². The Kier molecular flexibility index (Phi) is 4.36. The number of benzene rings is 1. The Morgan fingerprint density at radius 3 is 2.76 bits per heavy atom. The van der Waals surface area contributed by atoms with Gasteiger partial charge in [-0.1, -0.05) is 36.4 Å². The minimum absolute atomic E-state index is 0.0917. The quantitative estimate of drug-likeness (QED) is 0.760. The van der Waals surface area contributed by atoms with Gasteiger partial charge in [0.05, 0.1) is 6.04 Å². The zero-order valence-corrected chi connectivity index (χ0v) is 12.1. The van der Waals surface area contributed by atoms with E-state index in [0.29, 0.717) is 12.5 Å². The summed E-state index contributed by atoms with van der Waals surface area (Å²) in [5, 5.41) is 4.00. The Labute approximate surface area is 125 Å². The van der Waals surface area contributed by atoms with Crippen LogP contribution in [0, 0.1) is 0 Å². The molecule has 2 heterocycles. The van der Waals surface area contributed by atoms with Crippen LogP contribution in [0.3, 0.4) is 0 Å². The van der Waals surface area contributed by atoms with E-state index in [-0.39, 0.29) is 6.04 Å². The van der Waals surface area contributed by atoms with Gasteiger partial charge in [0, 0.05) is 6.07 Å². The molecule has 1 unspecified atom stereocenters. The largest absolute Gasteiger partial charge is 0.471 e. The van der Waals surface area contributed by atoms with Gasteiger partial charge in [0.1, 0.15) is 6.61 Å². The summed E-state index contributed by atoms with van der Waals surface area (Å²) in [7, 11) is 0. The van der Waals surface area contributed by atoms with Gasteiger partial charge in [-0.25, -0.2) is 0 Å². The van der Waals surface area contributed by atoms with Crippen molar-refractivity contribution in [2.24, 2.45) is 0 Å². The van der Waals surface area contributed by atoms with E-state index in [0.717, 1.165) is 24.4 Å². The molecule has 0 radical (unpaired) electrons. The van der Waals surface area contributed by atoms with Crippen LogP contribution in [-0.2, 0) is 6.61 Å². The molecular weight excluding hydrogens is 264 g/mol. The summed E-state index contributed by atoms with van der Waals surface area (Å²) in [6.45, 7) is 6.57. The van der Waals surface area contributed by atoms with Gasteiger partial charge in [-0.3, -0.25) is 4.90 Å². The van der Waals surface area contributed by atoms with Crippen molar-refractivity contribution < 1.29 is 9.26 Å². The Balaban J connectivity index is 1.63. The summed E-state index contributed by atoms with van der Waals surface area (Å²) in [5.41, 5.74) is 1.11. The summed E-state index contributed by atoms with van der Waals surface area (Å²) >= 11 is 0. The molecule has 0 N–H and O–H groups in total. The second-order valence-corrected chi connectivity index (χ2v) is 5.27. The fraction of sp³-hybridized carbons (Fsp3) is 0.353. The highest BCUT2D eigenvalue weighted by Crippen LogP contribution is 2.28. The molecule has 0 aliphatic carbocycles. The molecule has 2 aromatic rings. The number of likely N-dealkylation sites (tertiary alicyclic amines) is 1. The molecule has 4 nitrogen and oxygen atoms in total. The fourth-order valence-corrected chi connectivity index (χ4v) is 2.68. The van der Waals surface area contributed by atoms with Crippen molar-refractivity contribution in [1.82, 2.24) is 10.1 Å². The molecule has 21 heavy (non-hydrogen) atoms. The second-order valence-electron chi connectivity index (χ2n) is 5.27. The smallest absolute Gasteiger partial charge is 0.254 e. The Bertz CT molecular complexity index is 573. The molecule has 1 aromatic carbocycles. The highest BCUT2D eigenvalue weighted by atomic mass is 16.5. The van der Waals surface area contributed by atoms with E-state index in [9.17, 15) is 0 Å². The van der Waals surface area contributed by atoms with Crippen molar-refractivity contribution >= 4 is 0 Å². The maximum atomic E-state index is 5.67. The SMILES string of the molecule is C=CC(c1cc(OCc2ccccc2)no1)N1CCCC1. The Morgan fingerprint density at radius 2 is 2.05 bits per heavy atom. The van der Waals surface area contributed by atoms with Crippen molar-refractivity contribution in [2.75, 3.05) is 13.1 Å². The third-order valence-corrected chi connectivity index (χ3v) is 3.79. The standard InChI is InChI=1S/C17H20N2O2/c1-2-15(19-10-6-7-11-19)16-12-17(18-21-16)20-13-14-8-4-3-5-9-14/h2-5,8-9,12,15H,1,6-7,10-11,13H2. The van der Waals surface area contributed by atoms with Crippen LogP contribution in [0.2, 0.25) is 0 Å². The van der Waals surface area contributed by atoms with Gasteiger partial charge >= 0.3 is 0 Å². The van der Waals surface area contributed by atoms with Crippen LogP contribution in [0.15, 0.2) is 53.6 Å². The first-order valence-corrected chi connectivity index (χ1v) is 7.37. The third-order valence-electron chi connectivity index (χ3n) is 3.79. The van der Waals surface area contributed by atoms with Gasteiger partial charge in [-0.15, -0.1) is 6.58 Å². The van der Waals surface area contributed by atoms with Crippen molar-refractivity contribution in [1.29, 1.82) is 0 Å². The molecule has 4 heteroatoms. The van der Waals surface area contributed by atoms with Crippen LogP contribution >= 0.6 is 0 Å². The minimum Gasteiger partial charge on any atom is -0.471 e. The van der Waals surface area contributed by atoms with E-state index in [1.165, 1.54) is 12.8 Å². The Hall–Kier alpha value is -2.07. The Morgan fingerprint density at radius 1 is 1.29 bits per heavy atom. The van der Waals surface area contributed by atoms with Crippen LogP contribution < -0.4 is 4.74 Å². The predicted molar refractivity (Wildman–Crippen MR) is 81.0 cm³/mol. The summed E-state index contributed by atoms with van der Waals surface area (Å²) < 4.78 is 11.1. The van der Waals surface area contributed by atoms with E-state index >= 15 is 0 Å². The van der Waals surface area contributed by atoms with Gasteiger partial charge in [-0.2, -0.15) is 0 Å². The van der Waals surface area contributed by atoms with Crippen LogP contribution in [0.25, 0.3) is 0 Å². The molecule has 1 saturated heterocycles. The lowest BCUT2D eigenvalue weighted by molar-refractivity contribution is 0.228. The first-order valence-electron chi connectivity index (χ1n) is 7.37. The average Bonchev–Trinajstić information content (AvgIpc) is 3.19. The number of hydrogen-bond donors (Lipinski definition) is 0. The topological polar surface area (TPSA) is 38.5 Å². The number of nitrogens with zero attached hydrogens (tertiary/aromatic N) is 2. The number of rotatable bonds is 6. The van der Waals surface area contributed by atoms with Crippen LogP contribution in [0.5, 0.6) is 5.88 Å². The highest BCUT2D eigenvalue weighted by Gasteiger charge is 2.24. The minimum atomic E-state index is 0.0917. The molecule has 0 saturated carbocycles. The van der Waals surface area contributed by atoms with Crippen LogP contribution in [0.4, 0.5) is 0 Å². The molecule has 1 fully saturated rings. The van der Waals surface area contributed by atoms with Gasteiger partial charge in [-0.05, 0) is 36.7 Å². The zero-order chi connectivity index (χ0) is 14.5. The summed E-state index contributed by atoms with van der Waals surface area (Å²) in [6, 6.07) is 12.0. The summed E-state index contributed by atoms with van der Waals surface area (Å²) in [4.78, 5) is 2.36. The summed E-state index contributed by atoms with van der Waals surface area (Å²) in [6.07, 6.45) is 4.37. The van der Waals surface area contributed by atoms with Gasteiger partial charge in [0.2, 0.25) is 0 Å². The van der Waals surface area contributed by atoms with E-state index < -0.39 is 0 Å². The second kappa shape index (κ2) is 6.59. The normalized spacial score (nSPS) is 16.8. The summed E-state index contributed by atoms with van der Waals surface area (Å²) in [5.74, 6) is 1.33. The average molecular weight is 284 g/mol. The predicted octanol–water partition coefficient (Wildman–Crippen LogP) is 3.58. The van der Waals surface area contributed by atoms with E-state index in [1.54, 1.807) is 0 Å². The van der Waals surface area contributed by atoms with Crippen molar-refractivity contribution in [2.45, 2.75) is 25.5 Å². The number of aromatic nitrogens is 1. The van der Waals surface area contributed by atoms with Crippen molar-refractivity contribution in [3.63, 3.8) is 0 Å². The van der Waals surface area contributed by atoms with E-state index in [4.69, 9.17) is 9.26 Å². The zero-order valence-electron chi connectivity index (χ0n) is 12.1. The fourth-order valence-electron chi connectivity index (χ4n) is 2.68. The lowest BCUT2D eigenvalue weighted by atomic mass is 10.2. The first-order chi connectivity index (χ1) is 10.4. The lowest BCUT2D eigenvalue weighted by Crippen LogP contribution is -2.23. The van der Waals surface area contributed by atoms with Gasteiger partial charge in [0.25, 0.3) is 5.88 Å². The number of hydrogen-bond acceptors (Lipinski definition) is 4. The maximum Gasteiger partial charge on any atom is 0.254 e. The molecule has 1 aliphatic heterocycles. The molecule has 1 aliphatic rings. The van der Waals surface area contributed by atoms with Gasteiger partial charge < -0.3 is 9.26 Å². The molecule has 0 amide bonds. The van der Waals surface area contributed by atoms with Crippen molar-refractivity contribution in [3.8, 4) is 5.88 Å². The molecule has 1 aromatic heterocycles. The molecule has 3 rings (SSSR count). The molecular formula is C17H20N2O2. The lowest BCUT2D eigenvalue weighted by Gasteiger charge is -2.21. The molecule has 0 spiro atoms. The third kappa shape index (κ3) is 3.34. The molecule has 0 bridgehead atoms. The van der Waals surface area contributed by atoms with Crippen LogP contribution in [-0.4, -0.2) is 23.1 Å². The monoisotopic (exact) mass is 284 g/mol.